The Kier molecular flexibility index (Phi) is 5.05. The second-order valence-electron chi connectivity index (χ2n) is 7.75. The van der Waals surface area contributed by atoms with Crippen molar-refractivity contribution in [1.29, 1.82) is 0 Å². The zero-order valence-corrected chi connectivity index (χ0v) is 14.9. The van der Waals surface area contributed by atoms with Gasteiger partial charge in [-0.15, -0.1) is 13.2 Å². The number of alkyl halides is 3. The molecule has 0 aromatic heterocycles. The molecular weight excluding hydrogens is 361 g/mol. The zero-order valence-electron chi connectivity index (χ0n) is 14.9. The molecule has 1 aliphatic heterocycles. The summed E-state index contributed by atoms with van der Waals surface area (Å²) in [6.07, 6.45) is 1.77. The molecule has 1 saturated heterocycles. The number of carbonyl (C=O) groups excluding carboxylic acids is 1. The second-order valence-corrected chi connectivity index (χ2v) is 7.75. The van der Waals surface area contributed by atoms with Crippen LogP contribution < -0.4 is 4.74 Å². The molecule has 0 N–H and O–H groups in total. The first kappa shape index (κ1) is 18.6. The molecule has 0 bridgehead atoms. The minimum Gasteiger partial charge on any atom is -0.462 e. The van der Waals surface area contributed by atoms with Gasteiger partial charge in [-0.05, 0) is 68.6 Å². The third-order valence-corrected chi connectivity index (χ3v) is 5.88. The van der Waals surface area contributed by atoms with Crippen LogP contribution in [0.4, 0.5) is 13.2 Å². The lowest BCUT2D eigenvalue weighted by molar-refractivity contribution is -0.274. The Bertz CT molecular complexity index is 665. The van der Waals surface area contributed by atoms with Crippen molar-refractivity contribution in [2.45, 2.75) is 75.5 Å². The summed E-state index contributed by atoms with van der Waals surface area (Å²) in [6, 6.07) is 6.08. The van der Waals surface area contributed by atoms with Crippen LogP contribution in [-0.4, -0.2) is 30.6 Å². The van der Waals surface area contributed by atoms with Crippen molar-refractivity contribution in [3.8, 4) is 5.75 Å². The van der Waals surface area contributed by atoms with E-state index < -0.39 is 6.36 Å². The topological polar surface area (TPSA) is 48.1 Å². The highest BCUT2D eigenvalue weighted by molar-refractivity contribution is 5.73. The SMILES string of the molecule is O=C(OC1CCC(c2ccc(OC(F)(F)F)cc2)CC1)C1CCC2OC2C1. The quantitative estimate of drug-likeness (QED) is 0.557. The van der Waals surface area contributed by atoms with Gasteiger partial charge >= 0.3 is 12.3 Å². The van der Waals surface area contributed by atoms with Crippen LogP contribution in [-0.2, 0) is 14.3 Å². The molecule has 2 aliphatic carbocycles. The minimum atomic E-state index is -4.67. The Hall–Kier alpha value is -1.76. The summed E-state index contributed by atoms with van der Waals surface area (Å²) < 4.78 is 51.8. The standard InChI is InChI=1S/C20H23F3O4/c21-20(22,23)27-16-8-3-13(4-9-16)12-1-6-15(7-2-12)25-19(24)14-5-10-17-18(11-14)26-17/h3-4,8-9,12,14-15,17-18H,1-2,5-7,10-11H2. The van der Waals surface area contributed by atoms with E-state index in [9.17, 15) is 18.0 Å². The van der Waals surface area contributed by atoms with Crippen LogP contribution in [0.15, 0.2) is 24.3 Å². The largest absolute Gasteiger partial charge is 0.573 e. The van der Waals surface area contributed by atoms with Gasteiger partial charge in [-0.3, -0.25) is 4.79 Å². The van der Waals surface area contributed by atoms with Gasteiger partial charge in [-0.25, -0.2) is 0 Å². The van der Waals surface area contributed by atoms with Gasteiger partial charge in [0.2, 0.25) is 0 Å². The van der Waals surface area contributed by atoms with Gasteiger partial charge in [0.25, 0.3) is 0 Å². The fourth-order valence-corrected chi connectivity index (χ4v) is 4.33. The molecule has 3 unspecified atom stereocenters. The normalized spacial score (nSPS) is 33.1. The van der Waals surface area contributed by atoms with Crippen LogP contribution in [0.1, 0.15) is 56.4 Å². The lowest BCUT2D eigenvalue weighted by Crippen LogP contribution is -2.30. The Balaban J connectivity index is 1.24. The molecule has 3 aliphatic rings. The highest BCUT2D eigenvalue weighted by atomic mass is 19.4. The Morgan fingerprint density at radius 2 is 1.67 bits per heavy atom. The van der Waals surface area contributed by atoms with Crippen molar-refractivity contribution >= 4 is 5.97 Å². The lowest BCUT2D eigenvalue weighted by atomic mass is 9.82. The highest BCUT2D eigenvalue weighted by Crippen LogP contribution is 2.41. The van der Waals surface area contributed by atoms with Crippen LogP contribution in [0.25, 0.3) is 0 Å². The van der Waals surface area contributed by atoms with E-state index in [1.54, 1.807) is 12.1 Å². The van der Waals surface area contributed by atoms with Crippen LogP contribution in [0.2, 0.25) is 0 Å². The first-order valence-corrected chi connectivity index (χ1v) is 9.59. The predicted octanol–water partition coefficient (Wildman–Crippen LogP) is 4.72. The maximum Gasteiger partial charge on any atom is 0.573 e. The van der Waals surface area contributed by atoms with E-state index in [2.05, 4.69) is 4.74 Å². The van der Waals surface area contributed by atoms with E-state index in [0.29, 0.717) is 6.10 Å². The summed E-state index contributed by atoms with van der Waals surface area (Å²) in [5.41, 5.74) is 0.999. The number of esters is 1. The number of rotatable bonds is 4. The number of ether oxygens (including phenoxy) is 3. The van der Waals surface area contributed by atoms with Crippen LogP contribution in [0.5, 0.6) is 5.75 Å². The summed E-state index contributed by atoms with van der Waals surface area (Å²) in [5.74, 6) is -0.0628. The minimum absolute atomic E-state index is 0.0346. The average Bonchev–Trinajstić information content (AvgIpc) is 3.40. The predicted molar refractivity (Wildman–Crippen MR) is 90.2 cm³/mol. The van der Waals surface area contributed by atoms with Gasteiger partial charge in [0.15, 0.2) is 0 Å². The molecule has 0 radical (unpaired) electrons. The molecule has 7 heteroatoms. The Labute approximate surface area is 156 Å². The third-order valence-electron chi connectivity index (χ3n) is 5.88. The Morgan fingerprint density at radius 3 is 2.30 bits per heavy atom. The molecule has 3 fully saturated rings. The number of hydrogen-bond donors (Lipinski definition) is 0. The van der Waals surface area contributed by atoms with E-state index in [1.807, 2.05) is 0 Å². The summed E-state index contributed by atoms with van der Waals surface area (Å²) in [7, 11) is 0. The first-order valence-electron chi connectivity index (χ1n) is 9.59. The van der Waals surface area contributed by atoms with E-state index in [1.165, 1.54) is 12.1 Å². The summed E-state index contributed by atoms with van der Waals surface area (Å²) in [4.78, 5) is 12.3. The van der Waals surface area contributed by atoms with Crippen LogP contribution in [0.3, 0.4) is 0 Å². The smallest absolute Gasteiger partial charge is 0.462 e. The molecule has 4 rings (SSSR count). The number of carbonyl (C=O) groups is 1. The highest BCUT2D eigenvalue weighted by Gasteiger charge is 2.46. The molecule has 4 nitrogen and oxygen atoms in total. The van der Waals surface area contributed by atoms with E-state index in [-0.39, 0.29) is 35.8 Å². The maximum atomic E-state index is 12.3. The molecule has 0 spiro atoms. The summed E-state index contributed by atoms with van der Waals surface area (Å²) in [6.45, 7) is 0. The van der Waals surface area contributed by atoms with Crippen LogP contribution in [0, 0.1) is 5.92 Å². The Morgan fingerprint density at radius 1 is 0.963 bits per heavy atom. The number of fused-ring (bicyclic) bond motifs is 1. The molecular formula is C20H23F3O4. The van der Waals surface area contributed by atoms with Crippen molar-refractivity contribution in [2.24, 2.45) is 5.92 Å². The van der Waals surface area contributed by atoms with Gasteiger partial charge in [0, 0.05) is 0 Å². The zero-order chi connectivity index (χ0) is 19.0. The molecule has 1 heterocycles. The fraction of sp³-hybridized carbons (Fsp3) is 0.650. The van der Waals surface area contributed by atoms with Gasteiger partial charge in [-0.1, -0.05) is 12.1 Å². The van der Waals surface area contributed by atoms with Gasteiger partial charge in [0.05, 0.1) is 18.1 Å². The molecule has 0 amide bonds. The summed E-state index contributed by atoms with van der Waals surface area (Å²) in [5, 5.41) is 0. The average molecular weight is 384 g/mol. The van der Waals surface area contributed by atoms with E-state index >= 15 is 0 Å². The number of halogens is 3. The van der Waals surface area contributed by atoms with Crippen molar-refractivity contribution < 1.29 is 32.2 Å². The molecule has 27 heavy (non-hydrogen) atoms. The molecule has 148 valence electrons. The van der Waals surface area contributed by atoms with Crippen LogP contribution >= 0.6 is 0 Å². The maximum absolute atomic E-state index is 12.3. The second kappa shape index (κ2) is 7.34. The van der Waals surface area contributed by atoms with Gasteiger partial charge in [0.1, 0.15) is 11.9 Å². The van der Waals surface area contributed by atoms with Gasteiger partial charge < -0.3 is 14.2 Å². The molecule has 1 aromatic rings. The third kappa shape index (κ3) is 4.75. The van der Waals surface area contributed by atoms with Crippen molar-refractivity contribution in [3.63, 3.8) is 0 Å². The molecule has 3 atom stereocenters. The first-order chi connectivity index (χ1) is 12.9. The van der Waals surface area contributed by atoms with E-state index in [0.717, 1.165) is 50.5 Å². The van der Waals surface area contributed by atoms with Crippen molar-refractivity contribution in [3.05, 3.63) is 29.8 Å². The van der Waals surface area contributed by atoms with Crippen molar-refractivity contribution in [1.82, 2.24) is 0 Å². The fourth-order valence-electron chi connectivity index (χ4n) is 4.33. The number of benzene rings is 1. The number of hydrogen-bond acceptors (Lipinski definition) is 4. The summed E-state index contributed by atoms with van der Waals surface area (Å²) >= 11 is 0. The monoisotopic (exact) mass is 384 g/mol. The molecule has 1 aromatic carbocycles. The lowest BCUT2D eigenvalue weighted by Gasteiger charge is -2.30. The molecule has 2 saturated carbocycles. The van der Waals surface area contributed by atoms with E-state index in [4.69, 9.17) is 9.47 Å². The van der Waals surface area contributed by atoms with Crippen molar-refractivity contribution in [2.75, 3.05) is 0 Å². The van der Waals surface area contributed by atoms with Gasteiger partial charge in [-0.2, -0.15) is 0 Å². The number of epoxide rings is 1.